The molecule has 0 aliphatic carbocycles. The van der Waals surface area contributed by atoms with E-state index in [0.717, 1.165) is 10.6 Å². The fraction of sp³-hybridized carbons (Fsp3) is 0.290. The molecule has 45 heavy (non-hydrogen) atoms. The topological polar surface area (TPSA) is 108 Å². The summed E-state index contributed by atoms with van der Waals surface area (Å²) < 4.78 is 75.6. The monoisotopic (exact) mass is 629 g/mol. The largest absolute Gasteiger partial charge is 0.480 e. The summed E-state index contributed by atoms with van der Waals surface area (Å²) in [6, 6.07) is 7.98. The van der Waals surface area contributed by atoms with Crippen molar-refractivity contribution in [1.29, 1.82) is 0 Å². The lowest BCUT2D eigenvalue weighted by Gasteiger charge is -2.38. The van der Waals surface area contributed by atoms with Crippen molar-refractivity contribution in [3.05, 3.63) is 83.7 Å². The molecule has 0 saturated carbocycles. The number of benzene rings is 2. The van der Waals surface area contributed by atoms with Gasteiger partial charge in [0, 0.05) is 56.1 Å². The Balaban J connectivity index is 1.43. The van der Waals surface area contributed by atoms with E-state index in [1.807, 2.05) is 25.1 Å². The molecule has 1 aliphatic rings. The summed E-state index contributed by atoms with van der Waals surface area (Å²) in [5.74, 6) is -5.72. The Morgan fingerprint density at radius 1 is 1.09 bits per heavy atom. The van der Waals surface area contributed by atoms with Crippen LogP contribution in [0.25, 0.3) is 22.2 Å². The fourth-order valence-corrected chi connectivity index (χ4v) is 5.34. The van der Waals surface area contributed by atoms with Gasteiger partial charge in [0.2, 0.25) is 0 Å². The molecule has 1 saturated heterocycles. The minimum absolute atomic E-state index is 0.0950. The van der Waals surface area contributed by atoms with Crippen LogP contribution < -0.4 is 15.1 Å². The Kier molecular flexibility index (Phi) is 8.87. The number of aromatic nitrogens is 2. The number of ether oxygens (including phenoxy) is 1. The number of morpholine rings is 1. The summed E-state index contributed by atoms with van der Waals surface area (Å²) in [4.78, 5) is 36.9. The molecular weight excluding hydrogens is 601 g/mol. The third-order valence-electron chi connectivity index (χ3n) is 7.50. The maximum Gasteiger partial charge on any atom is 0.411 e. The highest BCUT2D eigenvalue weighted by Gasteiger charge is 2.46. The molecule has 2 atom stereocenters. The second kappa shape index (κ2) is 12.6. The predicted octanol–water partition coefficient (Wildman–Crippen LogP) is 4.83. The van der Waals surface area contributed by atoms with Crippen LogP contribution in [0.4, 0.5) is 33.3 Å². The molecule has 2 aromatic carbocycles. The number of nitrogens with zero attached hydrogens (tertiary/aromatic N) is 4. The first-order valence-corrected chi connectivity index (χ1v) is 13.8. The normalized spacial score (nSPS) is 16.0. The highest BCUT2D eigenvalue weighted by atomic mass is 19.4. The SMILES string of the molecule is CN(C)c1cccnc1-c1ccc(CC(NC(=O)c2c(F)cc(N3CCOCC3C(F)(F)F)cc2F)C(=O)O)c2cccnc12. The van der Waals surface area contributed by atoms with Crippen LogP contribution in [0.5, 0.6) is 0 Å². The number of pyridine rings is 2. The number of carbonyl (C=O) groups is 2. The van der Waals surface area contributed by atoms with E-state index in [0.29, 0.717) is 39.9 Å². The van der Waals surface area contributed by atoms with E-state index < -0.39 is 59.6 Å². The number of anilines is 2. The van der Waals surface area contributed by atoms with Gasteiger partial charge in [-0.15, -0.1) is 0 Å². The molecule has 2 N–H and O–H groups in total. The maximum absolute atomic E-state index is 15.1. The lowest BCUT2D eigenvalue weighted by atomic mass is 9.96. The average molecular weight is 630 g/mol. The number of hydrogen-bond donors (Lipinski definition) is 2. The number of hydrogen-bond acceptors (Lipinski definition) is 7. The average Bonchev–Trinajstić information content (AvgIpc) is 3.00. The fourth-order valence-electron chi connectivity index (χ4n) is 5.34. The first kappa shape index (κ1) is 31.6. The maximum atomic E-state index is 15.1. The molecule has 1 aliphatic heterocycles. The van der Waals surface area contributed by atoms with Crippen LogP contribution in [0, 0.1) is 11.6 Å². The molecule has 0 bridgehead atoms. The van der Waals surface area contributed by atoms with Gasteiger partial charge in [0.15, 0.2) is 0 Å². The quantitative estimate of drug-likeness (QED) is 0.267. The standard InChI is InChI=1S/C31H28F5N5O4/c1-40(2)24-6-4-10-38-28(24)20-8-7-17(19-5-3-9-37-27(19)20)13-23(30(43)44)39-29(42)26-21(32)14-18(15-22(26)33)41-11-12-45-16-25(41)31(34,35)36/h3-10,14-15,23,25H,11-13,16H2,1-2H3,(H,39,42)(H,43,44). The summed E-state index contributed by atoms with van der Waals surface area (Å²) in [6.07, 6.45) is -1.79. The summed E-state index contributed by atoms with van der Waals surface area (Å²) >= 11 is 0. The van der Waals surface area contributed by atoms with E-state index in [1.54, 1.807) is 42.7 Å². The molecule has 236 valence electrons. The van der Waals surface area contributed by atoms with Crippen LogP contribution in [-0.2, 0) is 16.0 Å². The van der Waals surface area contributed by atoms with Crippen LogP contribution in [0.15, 0.2) is 60.9 Å². The first-order valence-electron chi connectivity index (χ1n) is 13.8. The number of nitrogens with one attached hydrogen (secondary N) is 1. The van der Waals surface area contributed by atoms with Gasteiger partial charge in [-0.1, -0.05) is 18.2 Å². The number of aliphatic carboxylic acids is 1. The number of fused-ring (bicyclic) bond motifs is 1. The minimum Gasteiger partial charge on any atom is -0.480 e. The lowest BCUT2D eigenvalue weighted by molar-refractivity contribution is -0.167. The zero-order chi connectivity index (χ0) is 32.5. The Morgan fingerprint density at radius 2 is 1.78 bits per heavy atom. The van der Waals surface area contributed by atoms with Crippen LogP contribution in [0.1, 0.15) is 15.9 Å². The van der Waals surface area contributed by atoms with Gasteiger partial charge >= 0.3 is 12.1 Å². The number of carbonyl (C=O) groups excluding carboxylic acids is 1. The third-order valence-corrected chi connectivity index (χ3v) is 7.50. The molecule has 9 nitrogen and oxygen atoms in total. The zero-order valence-corrected chi connectivity index (χ0v) is 24.1. The van der Waals surface area contributed by atoms with Crippen molar-refractivity contribution in [3.8, 4) is 11.3 Å². The summed E-state index contributed by atoms with van der Waals surface area (Å²) in [7, 11) is 3.73. The molecule has 14 heteroatoms. The van der Waals surface area contributed by atoms with Crippen LogP contribution in [0.3, 0.4) is 0 Å². The van der Waals surface area contributed by atoms with E-state index in [1.165, 1.54) is 0 Å². The summed E-state index contributed by atoms with van der Waals surface area (Å²) in [6.45, 7) is -1.10. The molecule has 3 heterocycles. The molecule has 1 fully saturated rings. The van der Waals surface area contributed by atoms with Gasteiger partial charge in [-0.25, -0.2) is 13.6 Å². The van der Waals surface area contributed by atoms with Crippen molar-refractivity contribution in [3.63, 3.8) is 0 Å². The van der Waals surface area contributed by atoms with E-state index in [4.69, 9.17) is 4.74 Å². The van der Waals surface area contributed by atoms with Crippen molar-refractivity contribution >= 4 is 34.2 Å². The highest BCUT2D eigenvalue weighted by Crippen LogP contribution is 2.35. The number of alkyl halides is 3. The molecule has 0 spiro atoms. The Bertz CT molecular complexity index is 1730. The first-order chi connectivity index (χ1) is 21.4. The molecule has 4 aromatic rings. The van der Waals surface area contributed by atoms with E-state index in [-0.39, 0.29) is 19.6 Å². The van der Waals surface area contributed by atoms with Crippen molar-refractivity contribution in [2.45, 2.75) is 24.7 Å². The van der Waals surface area contributed by atoms with Gasteiger partial charge in [-0.2, -0.15) is 13.2 Å². The number of rotatable bonds is 8. The van der Waals surface area contributed by atoms with Crippen molar-refractivity contribution in [2.75, 3.05) is 43.7 Å². The molecular formula is C31H28F5N5O4. The summed E-state index contributed by atoms with van der Waals surface area (Å²) in [5, 5.41) is 12.7. The third kappa shape index (κ3) is 6.50. The van der Waals surface area contributed by atoms with Crippen molar-refractivity contribution in [1.82, 2.24) is 15.3 Å². The van der Waals surface area contributed by atoms with Gasteiger partial charge < -0.3 is 25.0 Å². The van der Waals surface area contributed by atoms with Gasteiger partial charge in [0.1, 0.15) is 29.3 Å². The van der Waals surface area contributed by atoms with Crippen LogP contribution in [0.2, 0.25) is 0 Å². The number of halogens is 5. The highest BCUT2D eigenvalue weighted by molar-refractivity contribution is 5.99. The van der Waals surface area contributed by atoms with Gasteiger partial charge in [-0.05, 0) is 35.9 Å². The molecule has 0 radical (unpaired) electrons. The Labute approximate surface area is 254 Å². The lowest BCUT2D eigenvalue weighted by Crippen LogP contribution is -2.53. The minimum atomic E-state index is -4.73. The smallest absolute Gasteiger partial charge is 0.411 e. The molecule has 1 amide bonds. The molecule has 2 aromatic heterocycles. The Morgan fingerprint density at radius 3 is 2.44 bits per heavy atom. The molecule has 5 rings (SSSR count). The number of amides is 1. The number of carboxylic acid groups (broad SMARTS) is 1. The van der Waals surface area contributed by atoms with Crippen LogP contribution in [-0.4, -0.2) is 79.1 Å². The van der Waals surface area contributed by atoms with Crippen molar-refractivity contribution < 1.29 is 41.4 Å². The molecule has 2 unspecified atom stereocenters. The second-order valence-corrected chi connectivity index (χ2v) is 10.6. The Hall–Kier alpha value is -4.85. The zero-order valence-electron chi connectivity index (χ0n) is 24.1. The van der Waals surface area contributed by atoms with E-state index >= 15 is 8.78 Å². The van der Waals surface area contributed by atoms with Gasteiger partial charge in [-0.3, -0.25) is 14.8 Å². The van der Waals surface area contributed by atoms with Crippen LogP contribution >= 0.6 is 0 Å². The van der Waals surface area contributed by atoms with Crippen molar-refractivity contribution in [2.24, 2.45) is 0 Å². The summed E-state index contributed by atoms with van der Waals surface area (Å²) in [5.41, 5.74) is 1.63. The van der Waals surface area contributed by atoms with E-state index in [9.17, 15) is 27.9 Å². The van der Waals surface area contributed by atoms with Gasteiger partial charge in [0.05, 0.1) is 30.1 Å². The predicted molar refractivity (Wildman–Crippen MR) is 156 cm³/mol. The second-order valence-electron chi connectivity index (χ2n) is 10.6. The number of carboxylic acids is 1. The van der Waals surface area contributed by atoms with Gasteiger partial charge in [0.25, 0.3) is 5.91 Å². The van der Waals surface area contributed by atoms with E-state index in [2.05, 4.69) is 15.3 Å².